The fourth-order valence-corrected chi connectivity index (χ4v) is 3.92. The Morgan fingerprint density at radius 3 is 2.71 bits per heavy atom. The van der Waals surface area contributed by atoms with Crippen molar-refractivity contribution in [3.05, 3.63) is 29.3 Å². The highest BCUT2D eigenvalue weighted by atomic mass is 16.5. The Balaban J connectivity index is 1.42. The molecule has 3 N–H and O–H groups in total. The van der Waals surface area contributed by atoms with E-state index in [9.17, 15) is 19.5 Å². The molecule has 4 rings (SSSR count). The van der Waals surface area contributed by atoms with Crippen LogP contribution in [0.1, 0.15) is 35.0 Å². The summed E-state index contributed by atoms with van der Waals surface area (Å²) < 4.78 is 5.80. The molecule has 0 radical (unpaired) electrons. The number of carbonyl (C=O) groups is 3. The van der Waals surface area contributed by atoms with Gasteiger partial charge in [0.25, 0.3) is 5.91 Å². The molecule has 3 amide bonds. The fraction of sp³-hybridized carbons (Fsp3) is 0.526. The van der Waals surface area contributed by atoms with Crippen LogP contribution in [0.25, 0.3) is 0 Å². The van der Waals surface area contributed by atoms with Crippen LogP contribution in [0.3, 0.4) is 0 Å². The Bertz CT molecular complexity index is 793. The summed E-state index contributed by atoms with van der Waals surface area (Å²) in [6.07, 6.45) is -0.861. The molecular weight excluding hydrogens is 364 g/mol. The number of carbonyl (C=O) groups excluding carboxylic acids is 3. The zero-order chi connectivity index (χ0) is 19.7. The predicted molar refractivity (Wildman–Crippen MR) is 98.5 cm³/mol. The van der Waals surface area contributed by atoms with E-state index in [0.717, 1.165) is 37.6 Å². The van der Waals surface area contributed by atoms with Crippen molar-refractivity contribution in [2.75, 3.05) is 39.3 Å². The molecule has 0 spiro atoms. The van der Waals surface area contributed by atoms with Crippen molar-refractivity contribution < 1.29 is 24.2 Å². The molecule has 2 fully saturated rings. The van der Waals surface area contributed by atoms with Gasteiger partial charge < -0.3 is 15.2 Å². The fourth-order valence-electron chi connectivity index (χ4n) is 3.92. The van der Waals surface area contributed by atoms with Crippen LogP contribution < -0.4 is 15.4 Å². The second kappa shape index (κ2) is 7.86. The number of aliphatic hydroxyl groups excluding tert-OH is 1. The predicted octanol–water partition coefficient (Wildman–Crippen LogP) is -0.777. The van der Waals surface area contributed by atoms with E-state index >= 15 is 0 Å². The molecule has 9 heteroatoms. The first-order valence-corrected chi connectivity index (χ1v) is 9.59. The van der Waals surface area contributed by atoms with Crippen molar-refractivity contribution >= 4 is 17.7 Å². The third-order valence-corrected chi connectivity index (χ3v) is 5.46. The third-order valence-electron chi connectivity index (χ3n) is 5.46. The summed E-state index contributed by atoms with van der Waals surface area (Å²) in [4.78, 5) is 39.8. The molecule has 0 aliphatic carbocycles. The van der Waals surface area contributed by atoms with Crippen molar-refractivity contribution in [2.24, 2.45) is 0 Å². The smallest absolute Gasteiger partial charge is 0.257 e. The van der Waals surface area contributed by atoms with E-state index in [-0.39, 0.29) is 18.7 Å². The molecule has 150 valence electrons. The number of piperazine rings is 1. The number of nitrogens with zero attached hydrogens (tertiary/aromatic N) is 2. The Morgan fingerprint density at radius 2 is 1.96 bits per heavy atom. The van der Waals surface area contributed by atoms with Gasteiger partial charge in [-0.3, -0.25) is 29.5 Å². The van der Waals surface area contributed by atoms with Crippen LogP contribution in [0, 0.1) is 0 Å². The number of piperidine rings is 1. The molecule has 1 aromatic rings. The summed E-state index contributed by atoms with van der Waals surface area (Å²) in [7, 11) is 0. The molecule has 2 atom stereocenters. The second-order valence-corrected chi connectivity index (χ2v) is 7.24. The van der Waals surface area contributed by atoms with Crippen LogP contribution in [0.15, 0.2) is 18.2 Å². The van der Waals surface area contributed by atoms with E-state index in [2.05, 4.69) is 15.5 Å². The maximum absolute atomic E-state index is 12.8. The molecule has 0 aromatic heterocycles. The van der Waals surface area contributed by atoms with E-state index in [1.165, 1.54) is 0 Å². The van der Waals surface area contributed by atoms with E-state index < -0.39 is 24.1 Å². The van der Waals surface area contributed by atoms with E-state index in [1.54, 1.807) is 18.2 Å². The Morgan fingerprint density at radius 1 is 1.18 bits per heavy atom. The number of aliphatic hydroxyl groups is 1. The van der Waals surface area contributed by atoms with Crippen LogP contribution in [-0.2, 0) is 9.59 Å². The summed E-state index contributed by atoms with van der Waals surface area (Å²) in [5.74, 6) is -0.784. The van der Waals surface area contributed by atoms with Crippen molar-refractivity contribution in [1.82, 2.24) is 20.4 Å². The minimum absolute atomic E-state index is 0.142. The molecule has 2 saturated heterocycles. The number of nitrogens with one attached hydrogen (secondary N) is 2. The van der Waals surface area contributed by atoms with Gasteiger partial charge in [0, 0.05) is 44.7 Å². The Hall–Kier alpha value is -2.49. The number of ether oxygens (including phenoxy) is 1. The van der Waals surface area contributed by atoms with E-state index in [4.69, 9.17) is 4.74 Å². The third kappa shape index (κ3) is 3.60. The molecule has 0 bridgehead atoms. The normalized spacial score (nSPS) is 25.6. The van der Waals surface area contributed by atoms with Crippen molar-refractivity contribution in [1.29, 1.82) is 0 Å². The van der Waals surface area contributed by atoms with Crippen molar-refractivity contribution in [3.63, 3.8) is 0 Å². The maximum atomic E-state index is 12.8. The minimum atomic E-state index is -1.21. The van der Waals surface area contributed by atoms with Gasteiger partial charge in [-0.15, -0.1) is 0 Å². The summed E-state index contributed by atoms with van der Waals surface area (Å²) >= 11 is 0. The first-order valence-electron chi connectivity index (χ1n) is 9.59. The van der Waals surface area contributed by atoms with E-state index in [1.807, 2.05) is 0 Å². The lowest BCUT2D eigenvalue weighted by molar-refractivity contribution is -0.139. The molecule has 3 heterocycles. The highest BCUT2D eigenvalue weighted by Gasteiger charge is 2.44. The summed E-state index contributed by atoms with van der Waals surface area (Å²) in [5.41, 5.74) is 0.779. The number of hydrogen-bond acceptors (Lipinski definition) is 7. The number of fused-ring (bicyclic) bond motifs is 1. The van der Waals surface area contributed by atoms with Gasteiger partial charge in [0.15, 0.2) is 6.23 Å². The standard InChI is InChI=1S/C19H24N4O5/c24-16-4-3-15(17(25)21-16)23-18(26)13-2-1-12(11-14(13)19(23)27)28-10-9-22-7-5-20-6-8-22/h1-2,11,15,18,20,26H,3-10H2,(H,21,24,25). The zero-order valence-corrected chi connectivity index (χ0v) is 15.5. The monoisotopic (exact) mass is 388 g/mol. The van der Waals surface area contributed by atoms with Gasteiger partial charge >= 0.3 is 0 Å². The molecule has 2 unspecified atom stereocenters. The number of imide groups is 1. The summed E-state index contributed by atoms with van der Waals surface area (Å²) in [6.45, 7) is 5.23. The minimum Gasteiger partial charge on any atom is -0.492 e. The number of rotatable bonds is 5. The molecule has 1 aromatic carbocycles. The van der Waals surface area contributed by atoms with Gasteiger partial charge in [-0.2, -0.15) is 0 Å². The van der Waals surface area contributed by atoms with Crippen LogP contribution in [-0.4, -0.2) is 78.0 Å². The summed E-state index contributed by atoms with van der Waals surface area (Å²) in [6, 6.07) is 4.14. The quantitative estimate of drug-likeness (QED) is 0.568. The molecular formula is C19H24N4O5. The SMILES string of the molecule is O=C1CCC(N2C(=O)c3cc(OCCN4CCNCC4)ccc3C2O)C(=O)N1. The average molecular weight is 388 g/mol. The van der Waals surface area contributed by atoms with Gasteiger partial charge in [-0.25, -0.2) is 0 Å². The molecule has 0 saturated carbocycles. The van der Waals surface area contributed by atoms with Crippen LogP contribution >= 0.6 is 0 Å². The molecule has 3 aliphatic heterocycles. The van der Waals surface area contributed by atoms with Gasteiger partial charge in [0.2, 0.25) is 11.8 Å². The van der Waals surface area contributed by atoms with Crippen molar-refractivity contribution in [2.45, 2.75) is 25.1 Å². The number of amides is 3. The van der Waals surface area contributed by atoms with Gasteiger partial charge in [-0.1, -0.05) is 6.07 Å². The topological polar surface area (TPSA) is 111 Å². The lowest BCUT2D eigenvalue weighted by Gasteiger charge is -2.31. The first kappa shape index (κ1) is 18.9. The Kier molecular flexibility index (Phi) is 5.29. The highest BCUT2D eigenvalue weighted by Crippen LogP contribution is 2.36. The zero-order valence-electron chi connectivity index (χ0n) is 15.5. The number of benzene rings is 1. The molecule has 9 nitrogen and oxygen atoms in total. The van der Waals surface area contributed by atoms with Gasteiger partial charge in [0.05, 0.1) is 5.56 Å². The average Bonchev–Trinajstić information content (AvgIpc) is 2.93. The van der Waals surface area contributed by atoms with Crippen LogP contribution in [0.4, 0.5) is 0 Å². The van der Waals surface area contributed by atoms with Gasteiger partial charge in [-0.05, 0) is 18.6 Å². The lowest BCUT2D eigenvalue weighted by Crippen LogP contribution is -2.53. The highest BCUT2D eigenvalue weighted by molar-refractivity contribution is 6.05. The van der Waals surface area contributed by atoms with Crippen LogP contribution in [0.5, 0.6) is 5.75 Å². The Labute approximate surface area is 162 Å². The second-order valence-electron chi connectivity index (χ2n) is 7.24. The largest absolute Gasteiger partial charge is 0.492 e. The van der Waals surface area contributed by atoms with Crippen LogP contribution in [0.2, 0.25) is 0 Å². The van der Waals surface area contributed by atoms with E-state index in [0.29, 0.717) is 23.5 Å². The van der Waals surface area contributed by atoms with Crippen molar-refractivity contribution in [3.8, 4) is 5.75 Å². The number of hydrogen-bond donors (Lipinski definition) is 3. The summed E-state index contributed by atoms with van der Waals surface area (Å²) in [5, 5.41) is 16.1. The lowest BCUT2D eigenvalue weighted by atomic mass is 10.0. The first-order chi connectivity index (χ1) is 13.5. The maximum Gasteiger partial charge on any atom is 0.257 e. The molecule has 28 heavy (non-hydrogen) atoms. The molecule has 3 aliphatic rings. The van der Waals surface area contributed by atoms with Gasteiger partial charge in [0.1, 0.15) is 18.4 Å².